The molecule has 2 aliphatic carbocycles. The molecule has 0 radical (unpaired) electrons. The van der Waals surface area contributed by atoms with Gasteiger partial charge in [-0.3, -0.25) is 0 Å². The summed E-state index contributed by atoms with van der Waals surface area (Å²) in [5, 5.41) is 10.0. The molecule has 0 bridgehead atoms. The van der Waals surface area contributed by atoms with Gasteiger partial charge in [-0.05, 0) is 72.8 Å². The van der Waals surface area contributed by atoms with Crippen molar-refractivity contribution >= 4 is 0 Å². The quantitative estimate of drug-likeness (QED) is 0.795. The number of aliphatic hydroxyl groups excluding tert-OH is 1. The molecule has 3 rings (SSSR count). The third-order valence-electron chi connectivity index (χ3n) is 6.81. The Labute approximate surface area is 134 Å². The number of allylic oxidation sites excluding steroid dienone is 1. The lowest BCUT2D eigenvalue weighted by molar-refractivity contribution is -0.0858. The molecule has 0 amide bonds. The first-order valence-electron chi connectivity index (χ1n) is 8.79. The van der Waals surface area contributed by atoms with Crippen LogP contribution in [0.25, 0.3) is 0 Å². The highest BCUT2D eigenvalue weighted by Crippen LogP contribution is 2.61. The Hall–Kier alpha value is -1.02. The molecular weight excluding hydrogens is 272 g/mol. The highest BCUT2D eigenvalue weighted by atomic mass is 16.3. The molecule has 1 N–H and O–H groups in total. The van der Waals surface area contributed by atoms with E-state index in [1.807, 2.05) is 6.26 Å². The van der Waals surface area contributed by atoms with Crippen LogP contribution in [-0.4, -0.2) is 11.7 Å². The van der Waals surface area contributed by atoms with Crippen LogP contribution in [0.15, 0.2) is 35.2 Å². The normalized spacial score (nSPS) is 38.8. The highest BCUT2D eigenvalue weighted by Gasteiger charge is 2.53. The average molecular weight is 302 g/mol. The number of aliphatic hydroxyl groups is 1. The smallest absolute Gasteiger partial charge is 0.0934 e. The number of fused-ring (bicyclic) bond motifs is 1. The molecule has 1 aromatic rings. The molecule has 1 heterocycles. The van der Waals surface area contributed by atoms with Crippen molar-refractivity contribution < 1.29 is 9.52 Å². The van der Waals surface area contributed by atoms with Crippen LogP contribution in [0.5, 0.6) is 0 Å². The van der Waals surface area contributed by atoms with E-state index in [0.29, 0.717) is 23.9 Å². The Morgan fingerprint density at radius 3 is 2.86 bits per heavy atom. The van der Waals surface area contributed by atoms with Crippen LogP contribution in [0.3, 0.4) is 0 Å². The summed E-state index contributed by atoms with van der Waals surface area (Å²) >= 11 is 0. The second-order valence-electron chi connectivity index (χ2n) is 8.14. The molecule has 2 nitrogen and oxygen atoms in total. The summed E-state index contributed by atoms with van der Waals surface area (Å²) in [5.74, 6) is 1.20. The van der Waals surface area contributed by atoms with Gasteiger partial charge in [-0.2, -0.15) is 0 Å². The van der Waals surface area contributed by atoms with Crippen LogP contribution < -0.4 is 0 Å². The molecule has 2 saturated carbocycles. The fourth-order valence-corrected chi connectivity index (χ4v) is 5.55. The number of hydrogen-bond acceptors (Lipinski definition) is 2. The molecule has 0 spiro atoms. The van der Waals surface area contributed by atoms with Gasteiger partial charge in [-0.1, -0.05) is 32.4 Å². The summed E-state index contributed by atoms with van der Waals surface area (Å²) in [5.41, 5.74) is 3.12. The van der Waals surface area contributed by atoms with E-state index in [1.54, 1.807) is 6.26 Å². The number of aryl methyl sites for hydroxylation is 1. The Morgan fingerprint density at radius 2 is 2.18 bits per heavy atom. The van der Waals surface area contributed by atoms with E-state index in [2.05, 4.69) is 26.5 Å². The first-order chi connectivity index (χ1) is 10.5. The van der Waals surface area contributed by atoms with Gasteiger partial charge in [0.15, 0.2) is 0 Å². The van der Waals surface area contributed by atoms with Gasteiger partial charge in [0, 0.05) is 6.61 Å². The second kappa shape index (κ2) is 5.88. The minimum absolute atomic E-state index is 0.0988. The number of hydrogen-bond donors (Lipinski definition) is 1. The van der Waals surface area contributed by atoms with Gasteiger partial charge in [-0.15, -0.1) is 0 Å². The summed E-state index contributed by atoms with van der Waals surface area (Å²) in [4.78, 5) is 0. The minimum Gasteiger partial charge on any atom is -0.472 e. The van der Waals surface area contributed by atoms with Crippen molar-refractivity contribution in [3.05, 3.63) is 36.3 Å². The van der Waals surface area contributed by atoms with E-state index in [4.69, 9.17) is 4.42 Å². The van der Waals surface area contributed by atoms with Crippen LogP contribution in [0, 0.1) is 22.7 Å². The molecule has 1 aromatic heterocycles. The molecule has 2 fully saturated rings. The largest absolute Gasteiger partial charge is 0.472 e. The van der Waals surface area contributed by atoms with Crippen LogP contribution in [0.4, 0.5) is 0 Å². The van der Waals surface area contributed by atoms with Gasteiger partial charge in [0.05, 0.1) is 12.5 Å². The molecule has 4 atom stereocenters. The molecule has 0 saturated heterocycles. The van der Waals surface area contributed by atoms with Crippen LogP contribution in [0.1, 0.15) is 57.9 Å². The van der Waals surface area contributed by atoms with E-state index >= 15 is 0 Å². The lowest BCUT2D eigenvalue weighted by atomic mass is 9.47. The van der Waals surface area contributed by atoms with E-state index < -0.39 is 0 Å². The summed E-state index contributed by atoms with van der Waals surface area (Å²) in [6.07, 6.45) is 11.9. The monoisotopic (exact) mass is 302 g/mol. The maximum atomic E-state index is 10.0. The van der Waals surface area contributed by atoms with Gasteiger partial charge >= 0.3 is 0 Å². The van der Waals surface area contributed by atoms with Gasteiger partial charge in [0.2, 0.25) is 0 Å². The van der Waals surface area contributed by atoms with Gasteiger partial charge < -0.3 is 9.52 Å². The summed E-state index contributed by atoms with van der Waals surface area (Å²) in [6.45, 7) is 9.52. The van der Waals surface area contributed by atoms with Crippen molar-refractivity contribution in [1.29, 1.82) is 0 Å². The topological polar surface area (TPSA) is 33.4 Å². The predicted octanol–water partition coefficient (Wildman–Crippen LogP) is 4.98. The molecule has 0 aliphatic heterocycles. The molecule has 122 valence electrons. The van der Waals surface area contributed by atoms with Crippen molar-refractivity contribution in [1.82, 2.24) is 0 Å². The first-order valence-corrected chi connectivity index (χ1v) is 8.79. The Morgan fingerprint density at radius 1 is 1.36 bits per heavy atom. The van der Waals surface area contributed by atoms with Crippen LogP contribution >= 0.6 is 0 Å². The maximum Gasteiger partial charge on any atom is 0.0934 e. The van der Waals surface area contributed by atoms with Crippen molar-refractivity contribution in [2.24, 2.45) is 22.7 Å². The highest BCUT2D eigenvalue weighted by molar-refractivity contribution is 5.17. The van der Waals surface area contributed by atoms with E-state index in [9.17, 15) is 5.11 Å². The SMILES string of the molecule is C=C1CC[C@@H]2[C@](C)(CO)CCC[C@@]2(C)[C@H]1CCc1ccoc1. The Kier molecular flexibility index (Phi) is 4.24. The fourth-order valence-electron chi connectivity index (χ4n) is 5.55. The van der Waals surface area contributed by atoms with Crippen LogP contribution in [0.2, 0.25) is 0 Å². The summed E-state index contributed by atoms with van der Waals surface area (Å²) < 4.78 is 5.21. The van der Waals surface area contributed by atoms with E-state index in [0.717, 1.165) is 19.3 Å². The standard InChI is InChI=1S/C20H30O2/c1-15-5-8-18-19(2,14-21)10-4-11-20(18,3)17(15)7-6-16-9-12-22-13-16/h9,12-13,17-18,21H,1,4-8,10-11,14H2,2-3H3/t17-,18+,19-,20-/m0/s1. The minimum atomic E-state index is 0.0988. The third kappa shape index (κ3) is 2.56. The zero-order chi connectivity index (χ0) is 15.8. The van der Waals surface area contributed by atoms with Gasteiger partial charge in [0.1, 0.15) is 0 Å². The molecule has 0 aromatic carbocycles. The number of rotatable bonds is 4. The van der Waals surface area contributed by atoms with E-state index in [-0.39, 0.29) is 5.41 Å². The lowest BCUT2D eigenvalue weighted by Crippen LogP contribution is -2.51. The van der Waals surface area contributed by atoms with Gasteiger partial charge in [0.25, 0.3) is 0 Å². The Bertz CT molecular complexity index is 518. The van der Waals surface area contributed by atoms with Crippen molar-refractivity contribution in [3.63, 3.8) is 0 Å². The fraction of sp³-hybridized carbons (Fsp3) is 0.700. The van der Waals surface area contributed by atoms with Crippen molar-refractivity contribution in [2.75, 3.05) is 6.61 Å². The van der Waals surface area contributed by atoms with Crippen molar-refractivity contribution in [3.8, 4) is 0 Å². The molecule has 2 heteroatoms. The zero-order valence-electron chi connectivity index (χ0n) is 14.1. The molecule has 2 aliphatic rings. The lowest BCUT2D eigenvalue weighted by Gasteiger charge is -2.58. The molecule has 22 heavy (non-hydrogen) atoms. The second-order valence-corrected chi connectivity index (χ2v) is 8.14. The predicted molar refractivity (Wildman–Crippen MR) is 89.5 cm³/mol. The molecular formula is C20H30O2. The first kappa shape index (κ1) is 15.9. The van der Waals surface area contributed by atoms with Gasteiger partial charge in [-0.25, -0.2) is 0 Å². The average Bonchev–Trinajstić information content (AvgIpc) is 2.99. The Balaban J connectivity index is 1.82. The summed E-state index contributed by atoms with van der Waals surface area (Å²) in [6, 6.07) is 2.07. The number of furan rings is 1. The van der Waals surface area contributed by atoms with E-state index in [1.165, 1.54) is 36.8 Å². The maximum absolute atomic E-state index is 10.0. The third-order valence-corrected chi connectivity index (χ3v) is 6.81. The zero-order valence-corrected chi connectivity index (χ0v) is 14.1. The van der Waals surface area contributed by atoms with Crippen molar-refractivity contribution in [2.45, 2.75) is 58.8 Å². The summed E-state index contributed by atoms with van der Waals surface area (Å²) in [7, 11) is 0. The molecule has 0 unspecified atom stereocenters. The van der Waals surface area contributed by atoms with Crippen LogP contribution in [-0.2, 0) is 6.42 Å².